The van der Waals surface area contributed by atoms with Gasteiger partial charge in [-0.25, -0.2) is 9.78 Å². The lowest BCUT2D eigenvalue weighted by molar-refractivity contribution is 0.193. The zero-order valence-corrected chi connectivity index (χ0v) is 16.4. The second kappa shape index (κ2) is 8.50. The number of benzene rings is 1. The molecule has 2 heterocycles. The molecule has 1 aromatic carbocycles. The molecule has 0 saturated carbocycles. The van der Waals surface area contributed by atoms with Gasteiger partial charge in [-0.3, -0.25) is 0 Å². The van der Waals surface area contributed by atoms with Gasteiger partial charge in [0.05, 0.1) is 7.11 Å². The molecule has 2 aliphatic rings. The van der Waals surface area contributed by atoms with Crippen molar-refractivity contribution in [1.82, 2.24) is 15.2 Å². The van der Waals surface area contributed by atoms with E-state index in [2.05, 4.69) is 39.5 Å². The number of nitrogens with zero attached hydrogens (tertiary/aromatic N) is 3. The van der Waals surface area contributed by atoms with E-state index >= 15 is 0 Å². The Balaban J connectivity index is 1.29. The molecule has 0 spiro atoms. The van der Waals surface area contributed by atoms with E-state index < -0.39 is 0 Å². The first-order chi connectivity index (χ1) is 13.7. The average Bonchev–Trinajstić information content (AvgIpc) is 2.77. The number of anilines is 1. The summed E-state index contributed by atoms with van der Waals surface area (Å²) in [7, 11) is 1.66. The van der Waals surface area contributed by atoms with E-state index in [0.717, 1.165) is 37.5 Å². The van der Waals surface area contributed by atoms with Crippen molar-refractivity contribution in [3.8, 4) is 5.75 Å². The van der Waals surface area contributed by atoms with Crippen molar-refractivity contribution >= 4 is 11.8 Å². The van der Waals surface area contributed by atoms with Crippen LogP contribution in [-0.4, -0.2) is 55.7 Å². The summed E-state index contributed by atoms with van der Waals surface area (Å²) in [5, 5.41) is 3.17. The summed E-state index contributed by atoms with van der Waals surface area (Å²) in [6, 6.07) is 12.5. The number of aryl methyl sites for hydroxylation is 1. The minimum Gasteiger partial charge on any atom is -0.497 e. The molecule has 1 aliphatic carbocycles. The third kappa shape index (κ3) is 4.06. The minimum absolute atomic E-state index is 0.0429. The first-order valence-corrected chi connectivity index (χ1v) is 10.1. The zero-order valence-electron chi connectivity index (χ0n) is 16.4. The maximum atomic E-state index is 12.7. The monoisotopic (exact) mass is 380 g/mol. The van der Waals surface area contributed by atoms with Crippen LogP contribution < -0.4 is 15.0 Å². The molecule has 1 saturated heterocycles. The number of hydrogen-bond donors (Lipinski definition) is 1. The number of rotatable bonds is 4. The van der Waals surface area contributed by atoms with Crippen LogP contribution in [0.15, 0.2) is 42.6 Å². The van der Waals surface area contributed by atoms with Gasteiger partial charge in [0.1, 0.15) is 11.6 Å². The van der Waals surface area contributed by atoms with Gasteiger partial charge in [-0.1, -0.05) is 24.3 Å². The van der Waals surface area contributed by atoms with Crippen LogP contribution in [0.4, 0.5) is 10.6 Å². The van der Waals surface area contributed by atoms with Crippen LogP contribution in [-0.2, 0) is 6.42 Å². The summed E-state index contributed by atoms with van der Waals surface area (Å²) in [6.45, 7) is 3.67. The molecule has 6 nitrogen and oxygen atoms in total. The van der Waals surface area contributed by atoms with Crippen LogP contribution in [0.5, 0.6) is 5.75 Å². The van der Waals surface area contributed by atoms with Crippen LogP contribution in [0.25, 0.3) is 0 Å². The van der Waals surface area contributed by atoms with E-state index in [-0.39, 0.29) is 6.03 Å². The molecule has 148 valence electrons. The molecule has 1 N–H and O–H groups in total. The second-order valence-corrected chi connectivity index (χ2v) is 7.50. The SMILES string of the molecule is COc1ccnc(N2CCN(C(=O)NC[C@@H]3CCCc4ccccc43)CC2)c1. The highest BCUT2D eigenvalue weighted by Gasteiger charge is 2.24. The molecule has 1 aromatic heterocycles. The molecule has 4 rings (SSSR count). The number of carbonyl (C=O) groups is 1. The number of nitrogens with one attached hydrogen (secondary N) is 1. The summed E-state index contributed by atoms with van der Waals surface area (Å²) in [4.78, 5) is 21.2. The molecule has 0 unspecified atom stereocenters. The highest BCUT2D eigenvalue weighted by atomic mass is 16.5. The molecular formula is C22H28N4O2. The largest absolute Gasteiger partial charge is 0.497 e. The quantitative estimate of drug-likeness (QED) is 0.886. The van der Waals surface area contributed by atoms with Crippen molar-refractivity contribution in [1.29, 1.82) is 0 Å². The Morgan fingerprint density at radius 3 is 2.86 bits per heavy atom. The third-order valence-electron chi connectivity index (χ3n) is 5.84. The van der Waals surface area contributed by atoms with Crippen LogP contribution in [0.3, 0.4) is 0 Å². The normalized spacial score (nSPS) is 19.1. The van der Waals surface area contributed by atoms with Crippen molar-refractivity contribution in [2.24, 2.45) is 0 Å². The lowest BCUT2D eigenvalue weighted by Gasteiger charge is -2.36. The summed E-state index contributed by atoms with van der Waals surface area (Å²) < 4.78 is 5.28. The van der Waals surface area contributed by atoms with Crippen LogP contribution >= 0.6 is 0 Å². The van der Waals surface area contributed by atoms with E-state index in [0.29, 0.717) is 25.6 Å². The molecule has 28 heavy (non-hydrogen) atoms. The van der Waals surface area contributed by atoms with Gasteiger partial charge in [0, 0.05) is 50.9 Å². The van der Waals surface area contributed by atoms with Gasteiger partial charge in [0.15, 0.2) is 0 Å². The molecule has 1 aliphatic heterocycles. The lowest BCUT2D eigenvalue weighted by Crippen LogP contribution is -2.52. The van der Waals surface area contributed by atoms with Gasteiger partial charge < -0.3 is 19.9 Å². The molecule has 1 fully saturated rings. The molecule has 2 amide bonds. The number of piperazine rings is 1. The van der Waals surface area contributed by atoms with Gasteiger partial charge in [0.25, 0.3) is 0 Å². The van der Waals surface area contributed by atoms with Crippen LogP contribution in [0.2, 0.25) is 0 Å². The highest BCUT2D eigenvalue weighted by Crippen LogP contribution is 2.30. The zero-order chi connectivity index (χ0) is 19.3. The molecule has 6 heteroatoms. The number of carbonyl (C=O) groups excluding carboxylic acids is 1. The second-order valence-electron chi connectivity index (χ2n) is 7.50. The smallest absolute Gasteiger partial charge is 0.317 e. The van der Waals surface area contributed by atoms with E-state index in [4.69, 9.17) is 4.74 Å². The van der Waals surface area contributed by atoms with Crippen molar-refractivity contribution < 1.29 is 9.53 Å². The molecule has 0 bridgehead atoms. The fraction of sp³-hybridized carbons (Fsp3) is 0.455. The van der Waals surface area contributed by atoms with Crippen LogP contribution in [0, 0.1) is 0 Å². The first kappa shape index (κ1) is 18.6. The molecule has 2 aromatic rings. The van der Waals surface area contributed by atoms with Gasteiger partial charge in [-0.2, -0.15) is 0 Å². The topological polar surface area (TPSA) is 57.7 Å². The summed E-state index contributed by atoms with van der Waals surface area (Å²) in [5.41, 5.74) is 2.84. The standard InChI is InChI=1S/C22H28N4O2/c1-28-19-9-10-23-21(15-19)25-11-13-26(14-12-25)22(27)24-16-18-7-4-6-17-5-2-3-8-20(17)18/h2-3,5,8-10,15,18H,4,6-7,11-14,16H2,1H3,(H,24,27)/t18-/m0/s1. The van der Waals surface area contributed by atoms with Crippen molar-refractivity contribution in [2.45, 2.75) is 25.2 Å². The Kier molecular flexibility index (Phi) is 5.65. The number of hydrogen-bond acceptors (Lipinski definition) is 4. The molecule has 0 radical (unpaired) electrons. The average molecular weight is 380 g/mol. The van der Waals surface area contributed by atoms with Crippen molar-refractivity contribution in [3.05, 3.63) is 53.7 Å². The van der Waals surface area contributed by atoms with Gasteiger partial charge >= 0.3 is 6.03 Å². The summed E-state index contributed by atoms with van der Waals surface area (Å²) >= 11 is 0. The summed E-state index contributed by atoms with van der Waals surface area (Å²) in [6.07, 6.45) is 5.26. The Labute approximate surface area is 166 Å². The van der Waals surface area contributed by atoms with Crippen LogP contribution in [0.1, 0.15) is 29.9 Å². The number of pyridine rings is 1. The van der Waals surface area contributed by atoms with Gasteiger partial charge in [0.2, 0.25) is 0 Å². The minimum atomic E-state index is 0.0429. The number of aromatic nitrogens is 1. The van der Waals surface area contributed by atoms with E-state index in [1.54, 1.807) is 13.3 Å². The van der Waals surface area contributed by atoms with Crippen molar-refractivity contribution in [2.75, 3.05) is 44.7 Å². The Morgan fingerprint density at radius 2 is 2.04 bits per heavy atom. The Bertz CT molecular complexity index is 818. The highest BCUT2D eigenvalue weighted by molar-refractivity contribution is 5.74. The first-order valence-electron chi connectivity index (χ1n) is 10.1. The number of amides is 2. The predicted molar refractivity (Wildman–Crippen MR) is 110 cm³/mol. The fourth-order valence-corrected chi connectivity index (χ4v) is 4.23. The van der Waals surface area contributed by atoms with Crippen molar-refractivity contribution in [3.63, 3.8) is 0 Å². The number of urea groups is 1. The lowest BCUT2D eigenvalue weighted by atomic mass is 9.83. The predicted octanol–water partition coefficient (Wildman–Crippen LogP) is 3.04. The fourth-order valence-electron chi connectivity index (χ4n) is 4.23. The number of fused-ring (bicyclic) bond motifs is 1. The molecular weight excluding hydrogens is 352 g/mol. The maximum Gasteiger partial charge on any atom is 0.317 e. The summed E-state index contributed by atoms with van der Waals surface area (Å²) in [5.74, 6) is 2.13. The van der Waals surface area contributed by atoms with E-state index in [9.17, 15) is 4.79 Å². The Hall–Kier alpha value is -2.76. The van der Waals surface area contributed by atoms with Gasteiger partial charge in [-0.05, 0) is 36.5 Å². The maximum absolute atomic E-state index is 12.7. The Morgan fingerprint density at radius 1 is 1.21 bits per heavy atom. The number of ether oxygens (including phenoxy) is 1. The number of methoxy groups -OCH3 is 1. The van der Waals surface area contributed by atoms with E-state index in [1.165, 1.54) is 17.5 Å². The van der Waals surface area contributed by atoms with Gasteiger partial charge in [-0.15, -0.1) is 0 Å². The van der Waals surface area contributed by atoms with E-state index in [1.807, 2.05) is 17.0 Å². The molecule has 1 atom stereocenters. The third-order valence-corrected chi connectivity index (χ3v) is 5.84.